The molecule has 0 saturated carbocycles. The Kier molecular flexibility index (Phi) is 6.76. The highest BCUT2D eigenvalue weighted by atomic mass is 15.1. The number of benzene rings is 10. The molecule has 10 aromatic carbocycles. The van der Waals surface area contributed by atoms with Crippen LogP contribution >= 0.6 is 0 Å². The second-order valence-corrected chi connectivity index (χ2v) is 17.7. The molecule has 0 N–H and O–H groups in total. The predicted octanol–water partition coefficient (Wildman–Crippen LogP) is 16.8. The van der Waals surface area contributed by atoms with Crippen LogP contribution < -0.4 is 0 Å². The SMILES string of the molecule is [2H]c1c([2H])c([2H])c2c(c1[2H])c1ccccc1n2-c1cc(-c2c(-c3cccc4c3c3ccccc3n4-c3ccccc3)cccc2-n2c3ccccc3c3ccccc32)cc(-n2c3ccccc3c3c([2H])c([2H])c([2H])c([2H])c32)n1. The maximum absolute atomic E-state index is 9.57. The van der Waals surface area contributed by atoms with Crippen molar-refractivity contribution in [2.45, 2.75) is 0 Å². The molecule has 0 spiro atoms. The molecule has 5 heterocycles. The monoisotopic (exact) mass is 899 g/mol. The first-order valence-electron chi connectivity index (χ1n) is 27.3. The molecule has 0 aliphatic rings. The molecule has 0 fully saturated rings. The average molecular weight is 900 g/mol. The van der Waals surface area contributed by atoms with Crippen molar-refractivity contribution in [3.05, 3.63) is 249 Å². The quantitative estimate of drug-likeness (QED) is 0.164. The number of pyridine rings is 1. The number of fused-ring (bicyclic) bond motifs is 12. The summed E-state index contributed by atoms with van der Waals surface area (Å²) in [5, 5.41) is 6.20. The van der Waals surface area contributed by atoms with Crippen LogP contribution in [-0.2, 0) is 0 Å². The zero-order valence-electron chi connectivity index (χ0n) is 45.3. The van der Waals surface area contributed by atoms with Crippen LogP contribution in [-0.4, -0.2) is 23.3 Å². The molecule has 5 aromatic heterocycles. The first-order valence-corrected chi connectivity index (χ1v) is 23.3. The Labute approximate surface area is 413 Å². The van der Waals surface area contributed by atoms with E-state index in [-0.39, 0.29) is 59.4 Å². The van der Waals surface area contributed by atoms with Gasteiger partial charge < -0.3 is 9.13 Å². The lowest BCUT2D eigenvalue weighted by Crippen LogP contribution is -2.06. The van der Waals surface area contributed by atoms with E-state index < -0.39 is 0 Å². The zero-order valence-corrected chi connectivity index (χ0v) is 37.3. The van der Waals surface area contributed by atoms with Gasteiger partial charge in [-0.3, -0.25) is 9.13 Å². The predicted molar refractivity (Wildman–Crippen MR) is 292 cm³/mol. The fourth-order valence-electron chi connectivity index (χ4n) is 11.2. The van der Waals surface area contributed by atoms with Crippen molar-refractivity contribution >= 4 is 87.2 Å². The minimum absolute atomic E-state index is 0.169. The number of nitrogens with zero attached hydrogens (tertiary/aromatic N) is 5. The van der Waals surface area contributed by atoms with Gasteiger partial charge in [-0.2, -0.15) is 0 Å². The molecule has 0 radical (unpaired) electrons. The lowest BCUT2D eigenvalue weighted by Gasteiger charge is -2.21. The second-order valence-electron chi connectivity index (χ2n) is 17.7. The summed E-state index contributed by atoms with van der Waals surface area (Å²) in [5.41, 5.74) is 11.0. The Hall–Kier alpha value is -9.45. The van der Waals surface area contributed by atoms with Crippen molar-refractivity contribution in [2.75, 3.05) is 0 Å². The van der Waals surface area contributed by atoms with Crippen molar-refractivity contribution in [1.29, 1.82) is 0 Å². The van der Waals surface area contributed by atoms with Crippen LogP contribution in [0.3, 0.4) is 0 Å². The van der Waals surface area contributed by atoms with Crippen molar-refractivity contribution in [1.82, 2.24) is 23.3 Å². The van der Waals surface area contributed by atoms with Gasteiger partial charge in [0, 0.05) is 54.3 Å². The molecule has 0 amide bonds. The third-order valence-electron chi connectivity index (χ3n) is 14.0. The fraction of sp³-hybridized carbons (Fsp3) is 0. The first-order chi connectivity index (χ1) is 38.1. The summed E-state index contributed by atoms with van der Waals surface area (Å²) in [6.45, 7) is 0. The summed E-state index contributed by atoms with van der Waals surface area (Å²) in [6.07, 6.45) is 0. The van der Waals surface area contributed by atoms with Crippen molar-refractivity contribution < 1.29 is 11.0 Å². The molecule has 15 aromatic rings. The first kappa shape index (κ1) is 31.5. The second kappa shape index (κ2) is 15.0. The van der Waals surface area contributed by atoms with Crippen LogP contribution in [0.5, 0.6) is 0 Å². The highest BCUT2D eigenvalue weighted by Crippen LogP contribution is 2.47. The molecule has 0 unspecified atom stereocenters. The molecule has 5 heteroatoms. The van der Waals surface area contributed by atoms with Crippen molar-refractivity contribution in [2.24, 2.45) is 0 Å². The van der Waals surface area contributed by atoms with Gasteiger partial charge >= 0.3 is 0 Å². The van der Waals surface area contributed by atoms with Gasteiger partial charge in [0.2, 0.25) is 0 Å². The van der Waals surface area contributed by atoms with Crippen LogP contribution in [0.15, 0.2) is 249 Å². The van der Waals surface area contributed by atoms with Gasteiger partial charge in [-0.15, -0.1) is 0 Å². The topological polar surface area (TPSA) is 32.6 Å². The van der Waals surface area contributed by atoms with E-state index in [9.17, 15) is 5.48 Å². The van der Waals surface area contributed by atoms with Crippen LogP contribution in [0.2, 0.25) is 0 Å². The molecule has 15 rings (SSSR count). The minimum atomic E-state index is -0.381. The molecule has 70 heavy (non-hydrogen) atoms. The fourth-order valence-corrected chi connectivity index (χ4v) is 11.2. The molecule has 326 valence electrons. The van der Waals surface area contributed by atoms with E-state index in [4.69, 9.17) is 10.5 Å². The van der Waals surface area contributed by atoms with Crippen LogP contribution in [0.25, 0.3) is 132 Å². The number of rotatable bonds is 6. The van der Waals surface area contributed by atoms with Crippen LogP contribution in [0.4, 0.5) is 0 Å². The van der Waals surface area contributed by atoms with E-state index in [2.05, 4.69) is 143 Å². The Balaban J connectivity index is 1.16. The van der Waals surface area contributed by atoms with E-state index in [0.29, 0.717) is 49.8 Å². The zero-order chi connectivity index (χ0) is 52.8. The molecule has 5 nitrogen and oxygen atoms in total. The van der Waals surface area contributed by atoms with E-state index in [0.717, 1.165) is 71.7 Å². The minimum Gasteiger partial charge on any atom is -0.309 e. The molecule has 0 saturated heterocycles. The van der Waals surface area contributed by atoms with Gasteiger partial charge in [-0.25, -0.2) is 4.98 Å². The van der Waals surface area contributed by atoms with Gasteiger partial charge in [0.15, 0.2) is 0 Å². The molecular weight excluding hydrogens is 851 g/mol. The van der Waals surface area contributed by atoms with Crippen molar-refractivity contribution in [3.8, 4) is 45.3 Å². The standard InChI is InChI=1S/C65H41N5/c1-2-20-43(21-3-1)67-59-37-17-10-28-52(59)65-51(30-19-39-61(65)67)50-29-18-38-60(68-53-31-11-4-22-44(53)45-23-5-12-32-54(45)68)64(50)42-40-62(69-55-33-13-6-24-46(55)47-25-7-14-34-56(47)69)66-63(41-42)70-57-35-15-8-26-48(57)49-27-9-16-36-58(49)70/h1-41H/i6D,8D,13D,15D,24D,26D,33D,35D. The maximum atomic E-state index is 9.57. The van der Waals surface area contributed by atoms with E-state index in [1.807, 2.05) is 75.9 Å². The molecule has 0 bridgehead atoms. The Morgan fingerprint density at radius 2 is 0.743 bits per heavy atom. The summed E-state index contributed by atoms with van der Waals surface area (Å²) in [4.78, 5) is 5.52. The lowest BCUT2D eigenvalue weighted by atomic mass is 9.90. The average Bonchev–Trinajstić information content (AvgIpc) is 4.38. The van der Waals surface area contributed by atoms with Gasteiger partial charge in [-0.05, 0) is 95.5 Å². The third-order valence-corrected chi connectivity index (χ3v) is 14.0. The van der Waals surface area contributed by atoms with Crippen LogP contribution in [0, 0.1) is 0 Å². The number of hydrogen-bond acceptors (Lipinski definition) is 1. The normalized spacial score (nSPS) is 13.6. The van der Waals surface area contributed by atoms with Crippen molar-refractivity contribution in [3.63, 3.8) is 0 Å². The van der Waals surface area contributed by atoms with Gasteiger partial charge in [0.1, 0.15) is 11.6 Å². The van der Waals surface area contributed by atoms with Crippen LogP contribution in [0.1, 0.15) is 11.0 Å². The van der Waals surface area contributed by atoms with E-state index in [1.165, 1.54) is 0 Å². The lowest BCUT2D eigenvalue weighted by molar-refractivity contribution is 1.01. The maximum Gasteiger partial charge on any atom is 0.140 e. The van der Waals surface area contributed by atoms with Gasteiger partial charge in [0.05, 0.1) is 60.8 Å². The Morgan fingerprint density at radius 1 is 0.314 bits per heavy atom. The Morgan fingerprint density at radius 3 is 1.31 bits per heavy atom. The summed E-state index contributed by atoms with van der Waals surface area (Å²) in [6, 6.07) is 65.2. The van der Waals surface area contributed by atoms with E-state index in [1.54, 1.807) is 0 Å². The highest BCUT2D eigenvalue weighted by molar-refractivity contribution is 6.18. The highest BCUT2D eigenvalue weighted by Gasteiger charge is 2.25. The molecule has 0 aliphatic carbocycles. The van der Waals surface area contributed by atoms with Gasteiger partial charge in [-0.1, -0.05) is 170 Å². The number of para-hydroxylation sites is 8. The summed E-state index contributed by atoms with van der Waals surface area (Å²) in [7, 11) is 0. The smallest absolute Gasteiger partial charge is 0.140 e. The third kappa shape index (κ3) is 5.51. The number of aromatic nitrogens is 5. The summed E-state index contributed by atoms with van der Waals surface area (Å²) < 4.78 is 81.8. The largest absolute Gasteiger partial charge is 0.309 e. The summed E-state index contributed by atoms with van der Waals surface area (Å²) in [5.74, 6) is 0.653. The molecule has 0 aliphatic heterocycles. The molecule has 0 atom stereocenters. The van der Waals surface area contributed by atoms with Gasteiger partial charge in [0.25, 0.3) is 0 Å². The summed E-state index contributed by atoms with van der Waals surface area (Å²) >= 11 is 0. The Bertz CT molecular complexity index is 4880. The molecular formula is C65H41N5. The number of hydrogen-bond donors (Lipinski definition) is 0. The van der Waals surface area contributed by atoms with E-state index >= 15 is 0 Å².